The van der Waals surface area contributed by atoms with Crippen LogP contribution >= 0.6 is 27.3 Å². The van der Waals surface area contributed by atoms with Gasteiger partial charge in [-0.25, -0.2) is 12.8 Å². The second-order valence-electron chi connectivity index (χ2n) is 4.93. The van der Waals surface area contributed by atoms with Gasteiger partial charge < -0.3 is 0 Å². The largest absolute Gasteiger partial charge is 0.253 e. The maximum absolute atomic E-state index is 13.8. The van der Waals surface area contributed by atoms with Crippen LogP contribution in [-0.4, -0.2) is 18.8 Å². The topological polar surface area (TPSA) is 37.4 Å². The lowest BCUT2D eigenvalue weighted by atomic mass is 10.2. The average molecular weight is 390 g/mol. The molecular formula is C14H13BrFNO2S2. The molecular weight excluding hydrogens is 377 g/mol. The van der Waals surface area contributed by atoms with Crippen LogP contribution in [0.4, 0.5) is 4.39 Å². The van der Waals surface area contributed by atoms with Gasteiger partial charge in [0.2, 0.25) is 0 Å². The van der Waals surface area contributed by atoms with Crippen molar-refractivity contribution in [2.75, 3.05) is 0 Å². The summed E-state index contributed by atoms with van der Waals surface area (Å²) >= 11 is 4.46. The molecule has 0 atom stereocenters. The molecule has 1 heterocycles. The molecule has 1 aromatic heterocycles. The van der Waals surface area contributed by atoms with E-state index in [0.717, 1.165) is 16.6 Å². The van der Waals surface area contributed by atoms with E-state index in [0.29, 0.717) is 5.56 Å². The smallest absolute Gasteiger partial charge is 0.207 e. The maximum Gasteiger partial charge on any atom is 0.253 e. The van der Waals surface area contributed by atoms with E-state index in [1.165, 1.54) is 21.7 Å². The van der Waals surface area contributed by atoms with E-state index in [1.54, 1.807) is 30.3 Å². The van der Waals surface area contributed by atoms with Crippen LogP contribution in [0.3, 0.4) is 0 Å². The summed E-state index contributed by atoms with van der Waals surface area (Å²) in [6, 6.07) is 9.59. The first kappa shape index (κ1) is 15.1. The molecule has 0 aliphatic heterocycles. The zero-order valence-corrected chi connectivity index (χ0v) is 14.2. The van der Waals surface area contributed by atoms with Crippen LogP contribution in [0.15, 0.2) is 44.4 Å². The fourth-order valence-electron chi connectivity index (χ4n) is 2.12. The number of halogens is 2. The molecule has 1 fully saturated rings. The van der Waals surface area contributed by atoms with Gasteiger partial charge in [-0.3, -0.25) is 0 Å². The Morgan fingerprint density at radius 1 is 1.24 bits per heavy atom. The van der Waals surface area contributed by atoms with E-state index in [4.69, 9.17) is 0 Å². The van der Waals surface area contributed by atoms with Gasteiger partial charge in [0.25, 0.3) is 10.0 Å². The first-order valence-electron chi connectivity index (χ1n) is 6.49. The Kier molecular flexibility index (Phi) is 4.18. The molecule has 3 nitrogen and oxygen atoms in total. The number of rotatable bonds is 5. The lowest BCUT2D eigenvalue weighted by Crippen LogP contribution is -2.32. The van der Waals surface area contributed by atoms with Crippen molar-refractivity contribution >= 4 is 37.3 Å². The molecule has 3 rings (SSSR count). The normalized spacial score (nSPS) is 15.6. The Balaban J connectivity index is 1.94. The van der Waals surface area contributed by atoms with Gasteiger partial charge >= 0.3 is 0 Å². The molecule has 2 aromatic rings. The van der Waals surface area contributed by atoms with Crippen molar-refractivity contribution in [3.8, 4) is 0 Å². The van der Waals surface area contributed by atoms with Gasteiger partial charge in [0.15, 0.2) is 0 Å². The summed E-state index contributed by atoms with van der Waals surface area (Å²) in [7, 11) is -3.58. The van der Waals surface area contributed by atoms with Gasteiger partial charge in [-0.2, -0.15) is 4.31 Å². The third kappa shape index (κ3) is 3.21. The van der Waals surface area contributed by atoms with Crippen molar-refractivity contribution in [3.05, 3.63) is 51.6 Å². The van der Waals surface area contributed by atoms with Gasteiger partial charge in [0.1, 0.15) is 10.0 Å². The Bertz CT molecular complexity index is 756. The highest BCUT2D eigenvalue weighted by Gasteiger charge is 2.39. The summed E-state index contributed by atoms with van der Waals surface area (Å²) in [6.07, 6.45) is 1.67. The van der Waals surface area contributed by atoms with Crippen molar-refractivity contribution in [1.29, 1.82) is 0 Å². The van der Waals surface area contributed by atoms with E-state index < -0.39 is 10.0 Å². The number of thiophene rings is 1. The molecule has 21 heavy (non-hydrogen) atoms. The van der Waals surface area contributed by atoms with Crippen molar-refractivity contribution in [3.63, 3.8) is 0 Å². The summed E-state index contributed by atoms with van der Waals surface area (Å²) in [5.41, 5.74) is 0.406. The lowest BCUT2D eigenvalue weighted by Gasteiger charge is -2.21. The average Bonchev–Trinajstić information content (AvgIpc) is 3.18. The Morgan fingerprint density at radius 2 is 1.95 bits per heavy atom. The van der Waals surface area contributed by atoms with Crippen LogP contribution in [0.25, 0.3) is 0 Å². The Hall–Kier alpha value is -0.760. The van der Waals surface area contributed by atoms with E-state index in [2.05, 4.69) is 15.9 Å². The molecule has 1 aromatic carbocycles. The van der Waals surface area contributed by atoms with Crippen molar-refractivity contribution in [1.82, 2.24) is 4.31 Å². The molecule has 112 valence electrons. The van der Waals surface area contributed by atoms with Gasteiger partial charge in [0.05, 0.1) is 3.79 Å². The lowest BCUT2D eigenvalue weighted by molar-refractivity contribution is 0.392. The molecule has 1 saturated carbocycles. The number of hydrogen-bond acceptors (Lipinski definition) is 3. The highest BCUT2D eigenvalue weighted by molar-refractivity contribution is 9.11. The van der Waals surface area contributed by atoms with Crippen LogP contribution < -0.4 is 0 Å². The summed E-state index contributed by atoms with van der Waals surface area (Å²) in [6.45, 7) is 0.0786. The molecule has 0 N–H and O–H groups in total. The minimum atomic E-state index is -3.58. The minimum Gasteiger partial charge on any atom is -0.207 e. The number of nitrogens with zero attached hydrogens (tertiary/aromatic N) is 1. The third-order valence-corrected chi connectivity index (χ3v) is 7.34. The number of benzene rings is 1. The predicted octanol–water partition coefficient (Wildman–Crippen LogP) is 4.00. The van der Waals surface area contributed by atoms with Gasteiger partial charge in [-0.05, 0) is 47.0 Å². The number of hydrogen-bond donors (Lipinski definition) is 0. The second kappa shape index (κ2) is 5.79. The third-order valence-electron chi connectivity index (χ3n) is 3.35. The summed E-state index contributed by atoms with van der Waals surface area (Å²) in [5, 5.41) is 0. The van der Waals surface area contributed by atoms with Crippen molar-refractivity contribution in [2.45, 2.75) is 29.6 Å². The Labute approximate surface area is 135 Å². The van der Waals surface area contributed by atoms with Crippen LogP contribution in [-0.2, 0) is 16.6 Å². The molecule has 0 radical (unpaired) electrons. The molecule has 0 bridgehead atoms. The van der Waals surface area contributed by atoms with Crippen LogP contribution in [0, 0.1) is 5.82 Å². The summed E-state index contributed by atoms with van der Waals surface area (Å²) < 4.78 is 41.8. The SMILES string of the molecule is O=S(=O)(c1ccc(Br)s1)N(Cc1ccccc1F)C1CC1. The minimum absolute atomic E-state index is 0.0181. The van der Waals surface area contributed by atoms with E-state index in [1.807, 2.05) is 0 Å². The van der Waals surface area contributed by atoms with Gasteiger partial charge in [-0.1, -0.05) is 18.2 Å². The second-order valence-corrected chi connectivity index (χ2v) is 9.51. The van der Waals surface area contributed by atoms with Crippen molar-refractivity contribution < 1.29 is 12.8 Å². The molecule has 0 saturated heterocycles. The molecule has 1 aliphatic rings. The van der Waals surface area contributed by atoms with Crippen molar-refractivity contribution in [2.24, 2.45) is 0 Å². The standard InChI is InChI=1S/C14H13BrFNO2S2/c15-13-7-8-14(20-13)21(18,19)17(11-5-6-11)9-10-3-1-2-4-12(10)16/h1-4,7-8,11H,5-6,9H2. The van der Waals surface area contributed by atoms with Crippen LogP contribution in [0.1, 0.15) is 18.4 Å². The number of sulfonamides is 1. The van der Waals surface area contributed by atoms with Gasteiger partial charge in [-0.15, -0.1) is 11.3 Å². The molecule has 0 spiro atoms. The molecule has 0 unspecified atom stereocenters. The van der Waals surface area contributed by atoms with Gasteiger partial charge in [0, 0.05) is 18.2 Å². The first-order chi connectivity index (χ1) is 9.98. The van der Waals surface area contributed by atoms with E-state index in [-0.39, 0.29) is 22.6 Å². The fourth-order valence-corrected chi connectivity index (χ4v) is 5.92. The summed E-state index contributed by atoms with van der Waals surface area (Å²) in [5.74, 6) is -0.370. The van der Waals surface area contributed by atoms with E-state index in [9.17, 15) is 12.8 Å². The molecule has 0 amide bonds. The fraction of sp³-hybridized carbons (Fsp3) is 0.286. The van der Waals surface area contributed by atoms with E-state index >= 15 is 0 Å². The zero-order valence-electron chi connectivity index (χ0n) is 11.0. The van der Waals surface area contributed by atoms with Crippen LogP contribution in [0.2, 0.25) is 0 Å². The highest BCUT2D eigenvalue weighted by atomic mass is 79.9. The quantitative estimate of drug-likeness (QED) is 0.774. The first-order valence-corrected chi connectivity index (χ1v) is 9.54. The monoisotopic (exact) mass is 389 g/mol. The van der Waals surface area contributed by atoms with Crippen LogP contribution in [0.5, 0.6) is 0 Å². The highest BCUT2D eigenvalue weighted by Crippen LogP contribution is 2.36. The summed E-state index contributed by atoms with van der Waals surface area (Å²) in [4.78, 5) is 0. The predicted molar refractivity (Wildman–Crippen MR) is 84.2 cm³/mol. The maximum atomic E-state index is 13.8. The Morgan fingerprint density at radius 3 is 2.52 bits per heavy atom. The molecule has 1 aliphatic carbocycles. The zero-order chi connectivity index (χ0) is 15.0. The molecule has 7 heteroatoms.